The fraction of sp³-hybridized carbons (Fsp3) is 0.464. The van der Waals surface area contributed by atoms with Gasteiger partial charge in [0.1, 0.15) is 23.4 Å². The number of carbonyl (C=O) groups excluding carboxylic acids is 3. The van der Waals surface area contributed by atoms with Crippen molar-refractivity contribution in [1.29, 1.82) is 0 Å². The number of aromatic hydroxyl groups is 1. The Kier molecular flexibility index (Phi) is 9.90. The number of nitrogens with zero attached hydrogens (tertiary/aromatic N) is 1. The first kappa shape index (κ1) is 28.7. The lowest BCUT2D eigenvalue weighted by Gasteiger charge is -2.34. The van der Waals surface area contributed by atoms with Crippen molar-refractivity contribution in [3.63, 3.8) is 0 Å². The van der Waals surface area contributed by atoms with Crippen molar-refractivity contribution in [2.75, 3.05) is 6.54 Å². The van der Waals surface area contributed by atoms with Crippen molar-refractivity contribution in [1.82, 2.24) is 15.5 Å². The van der Waals surface area contributed by atoms with Crippen molar-refractivity contribution >= 4 is 17.9 Å². The molecule has 0 saturated carbocycles. The molecule has 0 aromatic heterocycles. The van der Waals surface area contributed by atoms with Crippen LogP contribution in [0.1, 0.15) is 64.3 Å². The summed E-state index contributed by atoms with van der Waals surface area (Å²) in [5.41, 5.74) is 1.63. The third-order valence-corrected chi connectivity index (χ3v) is 5.34. The lowest BCUT2D eigenvalue weighted by Crippen LogP contribution is -2.54. The highest BCUT2D eigenvalue weighted by Gasteiger charge is 2.35. The number of nitrogens with one attached hydrogen (secondary N) is 2. The van der Waals surface area contributed by atoms with Gasteiger partial charge >= 0.3 is 6.09 Å². The minimum absolute atomic E-state index is 0.0989. The zero-order valence-electron chi connectivity index (χ0n) is 22.3. The van der Waals surface area contributed by atoms with Crippen LogP contribution in [0, 0.1) is 6.92 Å². The van der Waals surface area contributed by atoms with Crippen molar-refractivity contribution in [2.45, 2.75) is 78.6 Å². The zero-order valence-corrected chi connectivity index (χ0v) is 22.3. The molecule has 2 unspecified atom stereocenters. The van der Waals surface area contributed by atoms with E-state index in [9.17, 15) is 19.5 Å². The van der Waals surface area contributed by atoms with E-state index in [1.165, 1.54) is 17.0 Å². The number of ether oxygens (including phenoxy) is 1. The number of aryl methyl sites for hydroxylation is 1. The predicted octanol–water partition coefficient (Wildman–Crippen LogP) is 4.25. The third kappa shape index (κ3) is 8.59. The summed E-state index contributed by atoms with van der Waals surface area (Å²) >= 11 is 0. The lowest BCUT2D eigenvalue weighted by atomic mass is 9.99. The number of benzene rings is 2. The highest BCUT2D eigenvalue weighted by molar-refractivity contribution is 5.92. The van der Waals surface area contributed by atoms with Crippen LogP contribution in [0.2, 0.25) is 0 Å². The second-order valence-corrected chi connectivity index (χ2v) is 10.2. The van der Waals surface area contributed by atoms with Crippen LogP contribution in [0.25, 0.3) is 0 Å². The Labute approximate surface area is 214 Å². The molecule has 0 heterocycles. The van der Waals surface area contributed by atoms with Crippen LogP contribution < -0.4 is 10.6 Å². The van der Waals surface area contributed by atoms with Gasteiger partial charge in [-0.1, -0.05) is 42.0 Å². The second kappa shape index (κ2) is 12.4. The number of rotatable bonds is 9. The van der Waals surface area contributed by atoms with Crippen LogP contribution in [0.5, 0.6) is 5.75 Å². The predicted molar refractivity (Wildman–Crippen MR) is 140 cm³/mol. The van der Waals surface area contributed by atoms with Crippen LogP contribution in [0.3, 0.4) is 0 Å². The van der Waals surface area contributed by atoms with Gasteiger partial charge in [0.15, 0.2) is 0 Å². The molecular formula is C28H39N3O5. The normalized spacial score (nSPS) is 13.0. The van der Waals surface area contributed by atoms with Crippen LogP contribution in [-0.4, -0.2) is 52.1 Å². The van der Waals surface area contributed by atoms with Crippen LogP contribution in [0.15, 0.2) is 48.5 Å². The Morgan fingerprint density at radius 1 is 1.03 bits per heavy atom. The molecule has 2 aromatic carbocycles. The molecule has 196 valence electrons. The van der Waals surface area contributed by atoms with Gasteiger partial charge in [-0.15, -0.1) is 0 Å². The van der Waals surface area contributed by atoms with Gasteiger partial charge in [-0.05, 0) is 71.7 Å². The van der Waals surface area contributed by atoms with Crippen molar-refractivity contribution in [2.24, 2.45) is 0 Å². The zero-order chi connectivity index (χ0) is 27.0. The quantitative estimate of drug-likeness (QED) is 0.480. The van der Waals surface area contributed by atoms with E-state index in [1.54, 1.807) is 39.8 Å². The average Bonchev–Trinajstić information content (AvgIpc) is 2.76. The molecular weight excluding hydrogens is 458 g/mol. The highest BCUT2D eigenvalue weighted by atomic mass is 16.6. The molecule has 0 aliphatic rings. The lowest BCUT2D eigenvalue weighted by molar-refractivity contribution is -0.142. The van der Waals surface area contributed by atoms with Gasteiger partial charge in [0.05, 0.1) is 0 Å². The van der Waals surface area contributed by atoms with Gasteiger partial charge in [-0.25, -0.2) is 4.79 Å². The molecule has 0 aliphatic heterocycles. The standard InChI is InChI=1S/C28H39N3O5/c1-8-31(24(25(33)29-18(2)3)21-11-9-10-19(4)16-21)26(34)23(30-27(35)36-28(5,6)7)17-20-12-14-22(32)15-13-20/h9-16,18,23-24,32H,8,17H2,1-7H3,(H,29,33)(H,30,35). The van der Waals surface area contributed by atoms with E-state index >= 15 is 0 Å². The van der Waals surface area contributed by atoms with Gasteiger partial charge in [-0.2, -0.15) is 0 Å². The SMILES string of the molecule is CCN(C(=O)C(Cc1ccc(O)cc1)NC(=O)OC(C)(C)C)C(C(=O)NC(C)C)c1cccc(C)c1. The largest absolute Gasteiger partial charge is 0.508 e. The van der Waals surface area contributed by atoms with E-state index in [0.717, 1.165) is 11.1 Å². The first-order valence-corrected chi connectivity index (χ1v) is 12.3. The molecule has 3 N–H and O–H groups in total. The van der Waals surface area contributed by atoms with Crippen LogP contribution in [-0.2, 0) is 20.7 Å². The van der Waals surface area contributed by atoms with Gasteiger partial charge in [0.25, 0.3) is 0 Å². The van der Waals surface area contributed by atoms with E-state index in [4.69, 9.17) is 4.74 Å². The maximum atomic E-state index is 14.0. The first-order chi connectivity index (χ1) is 16.8. The summed E-state index contributed by atoms with van der Waals surface area (Å²) < 4.78 is 5.41. The second-order valence-electron chi connectivity index (χ2n) is 10.2. The number of hydrogen-bond donors (Lipinski definition) is 3. The summed E-state index contributed by atoms with van der Waals surface area (Å²) in [6.45, 7) is 12.9. The number of phenolic OH excluding ortho intramolecular Hbond substituents is 1. The Morgan fingerprint density at radius 2 is 1.67 bits per heavy atom. The van der Waals surface area contributed by atoms with Crippen LogP contribution in [0.4, 0.5) is 4.79 Å². The highest BCUT2D eigenvalue weighted by Crippen LogP contribution is 2.24. The Hall–Kier alpha value is -3.55. The van der Waals surface area contributed by atoms with Crippen molar-refractivity contribution < 1.29 is 24.2 Å². The minimum Gasteiger partial charge on any atom is -0.508 e. The molecule has 2 atom stereocenters. The Bertz CT molecular complexity index is 1040. The monoisotopic (exact) mass is 497 g/mol. The fourth-order valence-corrected chi connectivity index (χ4v) is 3.86. The molecule has 0 aliphatic carbocycles. The van der Waals surface area contributed by atoms with Crippen molar-refractivity contribution in [3.05, 3.63) is 65.2 Å². The smallest absolute Gasteiger partial charge is 0.408 e. The molecule has 0 fully saturated rings. The molecule has 36 heavy (non-hydrogen) atoms. The van der Waals surface area contributed by atoms with E-state index in [-0.39, 0.29) is 30.7 Å². The summed E-state index contributed by atoms with van der Waals surface area (Å²) in [6.07, 6.45) is -0.573. The minimum atomic E-state index is -0.997. The van der Waals surface area contributed by atoms with E-state index < -0.39 is 29.7 Å². The number of amides is 3. The summed E-state index contributed by atoms with van der Waals surface area (Å²) in [5.74, 6) is -0.616. The third-order valence-electron chi connectivity index (χ3n) is 5.34. The van der Waals surface area contributed by atoms with Crippen LogP contribution >= 0.6 is 0 Å². The molecule has 2 rings (SSSR count). The van der Waals surface area contributed by atoms with E-state index in [1.807, 2.05) is 45.0 Å². The molecule has 0 spiro atoms. The molecule has 0 saturated heterocycles. The molecule has 0 radical (unpaired) electrons. The number of likely N-dealkylation sites (N-methyl/N-ethyl adjacent to an activating group) is 1. The topological polar surface area (TPSA) is 108 Å². The summed E-state index contributed by atoms with van der Waals surface area (Å²) in [5, 5.41) is 15.3. The maximum absolute atomic E-state index is 14.0. The maximum Gasteiger partial charge on any atom is 0.408 e. The Morgan fingerprint density at radius 3 is 2.19 bits per heavy atom. The van der Waals surface area contributed by atoms with Crippen molar-refractivity contribution in [3.8, 4) is 5.75 Å². The van der Waals surface area contributed by atoms with E-state index in [2.05, 4.69) is 10.6 Å². The molecule has 3 amide bonds. The number of hydrogen-bond acceptors (Lipinski definition) is 5. The summed E-state index contributed by atoms with van der Waals surface area (Å²) in [6, 6.07) is 11.9. The van der Waals surface area contributed by atoms with E-state index in [0.29, 0.717) is 5.56 Å². The van der Waals surface area contributed by atoms with Gasteiger partial charge < -0.3 is 25.4 Å². The fourth-order valence-electron chi connectivity index (χ4n) is 3.86. The molecule has 8 heteroatoms. The Balaban J connectivity index is 2.47. The average molecular weight is 498 g/mol. The molecule has 8 nitrogen and oxygen atoms in total. The number of carbonyl (C=O) groups is 3. The van der Waals surface area contributed by atoms with Gasteiger partial charge in [-0.3, -0.25) is 9.59 Å². The van der Waals surface area contributed by atoms with Gasteiger partial charge in [0, 0.05) is 19.0 Å². The summed E-state index contributed by atoms with van der Waals surface area (Å²) in [4.78, 5) is 41.5. The summed E-state index contributed by atoms with van der Waals surface area (Å²) in [7, 11) is 0. The first-order valence-electron chi connectivity index (χ1n) is 12.3. The number of phenols is 1. The van der Waals surface area contributed by atoms with Gasteiger partial charge in [0.2, 0.25) is 11.8 Å². The molecule has 2 aromatic rings. The molecule has 0 bridgehead atoms. The number of alkyl carbamates (subject to hydrolysis) is 1.